The fourth-order valence-corrected chi connectivity index (χ4v) is 1.46. The van der Waals surface area contributed by atoms with Gasteiger partial charge in [0.1, 0.15) is 0 Å². The molecule has 0 spiro atoms. The van der Waals surface area contributed by atoms with Crippen LogP contribution in [0.2, 0.25) is 0 Å². The van der Waals surface area contributed by atoms with Gasteiger partial charge in [0, 0.05) is 5.56 Å². The Kier molecular flexibility index (Phi) is 1.53. The molecule has 2 rings (SSSR count). The molecule has 0 heterocycles. The molecule has 1 aromatic rings. The molecule has 0 radical (unpaired) electrons. The Morgan fingerprint density at radius 3 is 2.85 bits per heavy atom. The SMILES string of the molecule is CC1=Cc2ccc(C#N)cc2C1=O. The second-order valence-corrected chi connectivity index (χ2v) is 3.07. The van der Waals surface area contributed by atoms with E-state index >= 15 is 0 Å². The van der Waals surface area contributed by atoms with Crippen LogP contribution in [0.5, 0.6) is 0 Å². The molecule has 1 aliphatic rings. The van der Waals surface area contributed by atoms with Gasteiger partial charge in [-0.1, -0.05) is 6.07 Å². The molecule has 0 amide bonds. The molecule has 0 bridgehead atoms. The number of hydrogen-bond donors (Lipinski definition) is 0. The molecule has 1 aromatic carbocycles. The summed E-state index contributed by atoms with van der Waals surface area (Å²) >= 11 is 0. The molecule has 0 saturated heterocycles. The Balaban J connectivity index is 2.63. The van der Waals surface area contributed by atoms with Crippen LogP contribution in [-0.4, -0.2) is 5.78 Å². The smallest absolute Gasteiger partial charge is 0.189 e. The number of Topliss-reactive ketones (excluding diaryl/α,β-unsaturated/α-hetero) is 1. The first-order valence-electron chi connectivity index (χ1n) is 3.99. The number of hydrogen-bond acceptors (Lipinski definition) is 2. The van der Waals surface area contributed by atoms with Crippen LogP contribution in [0.25, 0.3) is 6.08 Å². The number of nitrogens with zero attached hydrogens (tertiary/aromatic N) is 1. The Morgan fingerprint density at radius 1 is 1.38 bits per heavy atom. The average Bonchev–Trinajstić information content (AvgIpc) is 2.43. The van der Waals surface area contributed by atoms with Crippen LogP contribution in [0.4, 0.5) is 0 Å². The maximum Gasteiger partial charge on any atom is 0.189 e. The van der Waals surface area contributed by atoms with Gasteiger partial charge in [-0.15, -0.1) is 0 Å². The van der Waals surface area contributed by atoms with E-state index < -0.39 is 0 Å². The van der Waals surface area contributed by atoms with Crippen LogP contribution in [0.3, 0.4) is 0 Å². The molecule has 0 aromatic heterocycles. The first-order chi connectivity index (χ1) is 6.22. The van der Waals surface area contributed by atoms with Crippen LogP contribution in [0, 0.1) is 11.3 Å². The predicted molar refractivity (Wildman–Crippen MR) is 49.1 cm³/mol. The van der Waals surface area contributed by atoms with E-state index in [4.69, 9.17) is 5.26 Å². The Morgan fingerprint density at radius 2 is 2.15 bits per heavy atom. The van der Waals surface area contributed by atoms with Gasteiger partial charge in [-0.2, -0.15) is 5.26 Å². The fourth-order valence-electron chi connectivity index (χ4n) is 1.46. The molecule has 2 nitrogen and oxygen atoms in total. The number of allylic oxidation sites excluding steroid dienone is 1. The maximum atomic E-state index is 11.5. The normalized spacial score (nSPS) is 13.5. The van der Waals surface area contributed by atoms with Crippen LogP contribution in [0.1, 0.15) is 28.4 Å². The number of carbonyl (C=O) groups is 1. The lowest BCUT2D eigenvalue weighted by atomic mass is 10.1. The molecule has 13 heavy (non-hydrogen) atoms. The van der Waals surface area contributed by atoms with Gasteiger partial charge in [-0.05, 0) is 36.3 Å². The molecule has 0 fully saturated rings. The van der Waals surface area contributed by atoms with Gasteiger partial charge >= 0.3 is 0 Å². The lowest BCUT2D eigenvalue weighted by Gasteiger charge is -1.96. The van der Waals surface area contributed by atoms with E-state index in [-0.39, 0.29) is 5.78 Å². The van der Waals surface area contributed by atoms with Crippen molar-refractivity contribution in [1.29, 1.82) is 5.26 Å². The van der Waals surface area contributed by atoms with Gasteiger partial charge in [0.25, 0.3) is 0 Å². The van der Waals surface area contributed by atoms with Crippen molar-refractivity contribution < 1.29 is 4.79 Å². The lowest BCUT2D eigenvalue weighted by Crippen LogP contribution is -1.95. The highest BCUT2D eigenvalue weighted by molar-refractivity contribution is 6.17. The van der Waals surface area contributed by atoms with Crippen LogP contribution in [-0.2, 0) is 0 Å². The summed E-state index contributed by atoms with van der Waals surface area (Å²) in [5, 5.41) is 8.64. The van der Waals surface area contributed by atoms with Crippen LogP contribution in [0.15, 0.2) is 23.8 Å². The summed E-state index contributed by atoms with van der Waals surface area (Å²) in [6, 6.07) is 7.19. The number of fused-ring (bicyclic) bond motifs is 1. The summed E-state index contributed by atoms with van der Waals surface area (Å²) in [5.74, 6) is 0.0344. The van der Waals surface area contributed by atoms with Crippen molar-refractivity contribution in [2.75, 3.05) is 0 Å². The van der Waals surface area contributed by atoms with Crippen molar-refractivity contribution in [3.8, 4) is 6.07 Å². The van der Waals surface area contributed by atoms with Crippen molar-refractivity contribution in [1.82, 2.24) is 0 Å². The summed E-state index contributed by atoms with van der Waals surface area (Å²) in [7, 11) is 0. The minimum atomic E-state index is 0.0344. The molecule has 0 atom stereocenters. The van der Waals surface area contributed by atoms with Crippen LogP contribution < -0.4 is 0 Å². The second-order valence-electron chi connectivity index (χ2n) is 3.07. The zero-order chi connectivity index (χ0) is 9.42. The number of carbonyl (C=O) groups excluding carboxylic acids is 1. The molecular formula is C11H7NO. The monoisotopic (exact) mass is 169 g/mol. The third-order valence-corrected chi connectivity index (χ3v) is 2.16. The molecule has 1 aliphatic carbocycles. The van der Waals surface area contributed by atoms with E-state index in [0.717, 1.165) is 11.1 Å². The zero-order valence-electron chi connectivity index (χ0n) is 7.16. The average molecular weight is 169 g/mol. The first kappa shape index (κ1) is 7.75. The Bertz CT molecular complexity index is 463. The Hall–Kier alpha value is -1.88. The number of benzene rings is 1. The minimum Gasteiger partial charge on any atom is -0.289 e. The highest BCUT2D eigenvalue weighted by Crippen LogP contribution is 2.25. The van der Waals surface area contributed by atoms with E-state index in [1.54, 1.807) is 19.1 Å². The minimum absolute atomic E-state index is 0.0344. The second kappa shape index (κ2) is 2.56. The highest BCUT2D eigenvalue weighted by atomic mass is 16.1. The van der Waals surface area contributed by atoms with E-state index in [0.29, 0.717) is 11.1 Å². The van der Waals surface area contributed by atoms with Crippen molar-refractivity contribution in [3.63, 3.8) is 0 Å². The van der Waals surface area contributed by atoms with Gasteiger partial charge in [0.2, 0.25) is 0 Å². The standard InChI is InChI=1S/C11H7NO/c1-7-4-9-3-2-8(6-12)5-10(9)11(7)13/h2-5H,1H3. The molecule has 0 unspecified atom stereocenters. The van der Waals surface area contributed by atoms with E-state index in [1.807, 2.05) is 18.2 Å². The Labute approximate surface area is 76.1 Å². The lowest BCUT2D eigenvalue weighted by molar-refractivity contribution is 0.103. The summed E-state index contributed by atoms with van der Waals surface area (Å²) in [5.41, 5.74) is 2.85. The zero-order valence-corrected chi connectivity index (χ0v) is 7.16. The highest BCUT2D eigenvalue weighted by Gasteiger charge is 2.18. The molecule has 62 valence electrons. The van der Waals surface area contributed by atoms with E-state index in [2.05, 4.69) is 0 Å². The van der Waals surface area contributed by atoms with Crippen LogP contribution >= 0.6 is 0 Å². The summed E-state index contributed by atoms with van der Waals surface area (Å²) < 4.78 is 0. The number of ketones is 1. The third kappa shape index (κ3) is 1.06. The maximum absolute atomic E-state index is 11.5. The topological polar surface area (TPSA) is 40.9 Å². The van der Waals surface area contributed by atoms with Crippen molar-refractivity contribution in [2.24, 2.45) is 0 Å². The molecular weight excluding hydrogens is 162 g/mol. The van der Waals surface area contributed by atoms with Gasteiger partial charge in [0.05, 0.1) is 11.6 Å². The number of nitriles is 1. The molecule has 0 saturated carbocycles. The van der Waals surface area contributed by atoms with Crippen molar-refractivity contribution in [3.05, 3.63) is 40.5 Å². The van der Waals surface area contributed by atoms with Gasteiger partial charge in [-0.3, -0.25) is 4.79 Å². The third-order valence-electron chi connectivity index (χ3n) is 2.16. The van der Waals surface area contributed by atoms with Gasteiger partial charge in [-0.25, -0.2) is 0 Å². The quantitative estimate of drug-likeness (QED) is 0.597. The van der Waals surface area contributed by atoms with Crippen molar-refractivity contribution in [2.45, 2.75) is 6.92 Å². The summed E-state index contributed by atoms with van der Waals surface area (Å²) in [6.07, 6.45) is 1.85. The fraction of sp³-hybridized carbons (Fsp3) is 0.0909. The first-order valence-corrected chi connectivity index (χ1v) is 3.99. The predicted octanol–water partition coefficient (Wildman–Crippen LogP) is 2.16. The van der Waals surface area contributed by atoms with E-state index in [9.17, 15) is 4.79 Å². The molecule has 0 aliphatic heterocycles. The summed E-state index contributed by atoms with van der Waals surface area (Å²) in [6.45, 7) is 1.79. The van der Waals surface area contributed by atoms with E-state index in [1.165, 1.54) is 0 Å². The molecule has 2 heteroatoms. The summed E-state index contributed by atoms with van der Waals surface area (Å²) in [4.78, 5) is 11.5. The molecule has 0 N–H and O–H groups in total. The largest absolute Gasteiger partial charge is 0.289 e. The van der Waals surface area contributed by atoms with Gasteiger partial charge in [0.15, 0.2) is 5.78 Å². The number of rotatable bonds is 0. The van der Waals surface area contributed by atoms with Gasteiger partial charge < -0.3 is 0 Å². The van der Waals surface area contributed by atoms with Crippen molar-refractivity contribution >= 4 is 11.9 Å².